The summed E-state index contributed by atoms with van der Waals surface area (Å²) in [5.74, 6) is 0.996. The molecule has 0 aliphatic rings. The first-order valence-electron chi connectivity index (χ1n) is 5.60. The Morgan fingerprint density at radius 2 is 2.06 bits per heavy atom. The van der Waals surface area contributed by atoms with Gasteiger partial charge in [0.1, 0.15) is 12.2 Å². The van der Waals surface area contributed by atoms with Crippen LogP contribution in [0.3, 0.4) is 0 Å². The van der Waals surface area contributed by atoms with Gasteiger partial charge in [0.25, 0.3) is 0 Å². The smallest absolute Gasteiger partial charge is 0.137 e. The molecule has 0 saturated carbocycles. The summed E-state index contributed by atoms with van der Waals surface area (Å²) in [6, 6.07) is 8.28. The van der Waals surface area contributed by atoms with Crippen LogP contribution in [0.4, 0.5) is 0 Å². The highest BCUT2D eigenvalue weighted by molar-refractivity contribution is 9.10. The highest BCUT2D eigenvalue weighted by atomic mass is 79.9. The summed E-state index contributed by atoms with van der Waals surface area (Å²) in [4.78, 5) is 0. The standard InChI is InChI=1S/C13H16BrN3/c1-13(2,3)17-9-15-16-12(17)8-10-5-4-6-11(14)7-10/h4-7,9H,8H2,1-3H3. The maximum absolute atomic E-state index is 4.21. The molecule has 0 N–H and O–H groups in total. The van der Waals surface area contributed by atoms with E-state index in [4.69, 9.17) is 0 Å². The molecule has 0 saturated heterocycles. The van der Waals surface area contributed by atoms with Crippen molar-refractivity contribution in [3.8, 4) is 0 Å². The second-order valence-corrected chi connectivity index (χ2v) is 6.01. The largest absolute Gasteiger partial charge is 0.312 e. The van der Waals surface area contributed by atoms with E-state index in [2.05, 4.69) is 63.6 Å². The number of hydrogen-bond donors (Lipinski definition) is 0. The number of hydrogen-bond acceptors (Lipinski definition) is 2. The van der Waals surface area contributed by atoms with E-state index in [-0.39, 0.29) is 5.54 Å². The third-order valence-corrected chi connectivity index (χ3v) is 3.09. The molecule has 0 aliphatic heterocycles. The normalized spacial score (nSPS) is 11.8. The molecule has 0 fully saturated rings. The Labute approximate surface area is 110 Å². The number of rotatable bonds is 2. The van der Waals surface area contributed by atoms with Gasteiger partial charge < -0.3 is 4.57 Å². The first kappa shape index (κ1) is 12.3. The molecule has 2 rings (SSSR count). The van der Waals surface area contributed by atoms with E-state index in [1.165, 1.54) is 5.56 Å². The number of halogens is 1. The average Bonchev–Trinajstić information content (AvgIpc) is 2.65. The van der Waals surface area contributed by atoms with Gasteiger partial charge in [-0.2, -0.15) is 0 Å². The minimum absolute atomic E-state index is 0.0187. The van der Waals surface area contributed by atoms with Crippen molar-refractivity contribution < 1.29 is 0 Å². The molecule has 0 radical (unpaired) electrons. The molecule has 0 bridgehead atoms. The van der Waals surface area contributed by atoms with Crippen LogP contribution in [-0.2, 0) is 12.0 Å². The van der Waals surface area contributed by atoms with Crippen LogP contribution in [0.1, 0.15) is 32.2 Å². The van der Waals surface area contributed by atoms with Crippen LogP contribution < -0.4 is 0 Å². The Hall–Kier alpha value is -1.16. The van der Waals surface area contributed by atoms with Crippen molar-refractivity contribution in [2.24, 2.45) is 0 Å². The van der Waals surface area contributed by atoms with E-state index >= 15 is 0 Å². The van der Waals surface area contributed by atoms with Gasteiger partial charge in [-0.1, -0.05) is 28.1 Å². The van der Waals surface area contributed by atoms with Crippen molar-refractivity contribution in [3.63, 3.8) is 0 Å². The van der Waals surface area contributed by atoms with Gasteiger partial charge in [0, 0.05) is 16.4 Å². The van der Waals surface area contributed by atoms with Crippen LogP contribution in [0.5, 0.6) is 0 Å². The summed E-state index contributed by atoms with van der Waals surface area (Å²) in [7, 11) is 0. The molecule has 3 nitrogen and oxygen atoms in total. The SMILES string of the molecule is CC(C)(C)n1cnnc1Cc1cccc(Br)c1. The predicted octanol–water partition coefficient (Wildman–Crippen LogP) is 3.39. The van der Waals surface area contributed by atoms with Crippen molar-refractivity contribution in [1.29, 1.82) is 0 Å². The summed E-state index contributed by atoms with van der Waals surface area (Å²) in [6.07, 6.45) is 2.60. The van der Waals surface area contributed by atoms with Gasteiger partial charge in [-0.05, 0) is 38.5 Å². The quantitative estimate of drug-likeness (QED) is 0.850. The van der Waals surface area contributed by atoms with E-state index in [9.17, 15) is 0 Å². The first-order valence-corrected chi connectivity index (χ1v) is 6.40. The van der Waals surface area contributed by atoms with Gasteiger partial charge in [-0.25, -0.2) is 0 Å². The summed E-state index contributed by atoms with van der Waals surface area (Å²) in [5.41, 5.74) is 1.25. The molecule has 1 aromatic carbocycles. The maximum atomic E-state index is 4.21. The molecular formula is C13H16BrN3. The topological polar surface area (TPSA) is 30.7 Å². The summed E-state index contributed by atoms with van der Waals surface area (Å²) in [6.45, 7) is 6.46. The maximum Gasteiger partial charge on any atom is 0.137 e. The number of benzene rings is 1. The molecule has 0 atom stereocenters. The lowest BCUT2D eigenvalue weighted by Crippen LogP contribution is -2.23. The zero-order chi connectivity index (χ0) is 12.5. The summed E-state index contributed by atoms with van der Waals surface area (Å²) >= 11 is 3.48. The van der Waals surface area contributed by atoms with Gasteiger partial charge in [-0.3, -0.25) is 0 Å². The molecule has 2 aromatic rings. The Morgan fingerprint density at radius 1 is 1.29 bits per heavy atom. The molecule has 0 aliphatic carbocycles. The van der Waals surface area contributed by atoms with E-state index in [0.29, 0.717) is 0 Å². The molecule has 4 heteroatoms. The number of aromatic nitrogens is 3. The fourth-order valence-corrected chi connectivity index (χ4v) is 2.22. The summed E-state index contributed by atoms with van der Waals surface area (Å²) in [5, 5.41) is 8.21. The van der Waals surface area contributed by atoms with Crippen LogP contribution in [0.15, 0.2) is 35.1 Å². The molecule has 1 heterocycles. The van der Waals surface area contributed by atoms with Crippen LogP contribution in [0.2, 0.25) is 0 Å². The van der Waals surface area contributed by atoms with Crippen LogP contribution in [0.25, 0.3) is 0 Å². The van der Waals surface area contributed by atoms with Gasteiger partial charge >= 0.3 is 0 Å². The Bertz CT molecular complexity index is 511. The minimum Gasteiger partial charge on any atom is -0.312 e. The fourth-order valence-electron chi connectivity index (χ4n) is 1.77. The molecule has 90 valence electrons. The molecule has 1 aromatic heterocycles. The molecule has 0 unspecified atom stereocenters. The van der Waals surface area contributed by atoms with Gasteiger partial charge in [0.15, 0.2) is 0 Å². The van der Waals surface area contributed by atoms with Crippen molar-refractivity contribution in [2.45, 2.75) is 32.7 Å². The summed E-state index contributed by atoms with van der Waals surface area (Å²) < 4.78 is 3.21. The molecule has 0 amide bonds. The van der Waals surface area contributed by atoms with Gasteiger partial charge in [-0.15, -0.1) is 10.2 Å². The van der Waals surface area contributed by atoms with Crippen molar-refractivity contribution in [1.82, 2.24) is 14.8 Å². The lowest BCUT2D eigenvalue weighted by Gasteiger charge is -2.22. The molecular weight excluding hydrogens is 278 g/mol. The van der Waals surface area contributed by atoms with E-state index < -0.39 is 0 Å². The van der Waals surface area contributed by atoms with Gasteiger partial charge in [0.2, 0.25) is 0 Å². The lowest BCUT2D eigenvalue weighted by molar-refractivity contribution is 0.384. The van der Waals surface area contributed by atoms with Crippen molar-refractivity contribution in [3.05, 3.63) is 46.5 Å². The zero-order valence-electron chi connectivity index (χ0n) is 10.3. The third kappa shape index (κ3) is 2.94. The second-order valence-electron chi connectivity index (χ2n) is 5.09. The van der Waals surface area contributed by atoms with Gasteiger partial charge in [0.05, 0.1) is 0 Å². The number of nitrogens with zero attached hydrogens (tertiary/aromatic N) is 3. The van der Waals surface area contributed by atoms with E-state index in [1.54, 1.807) is 6.33 Å². The minimum atomic E-state index is 0.0187. The molecule has 0 spiro atoms. The van der Waals surface area contributed by atoms with Crippen LogP contribution in [-0.4, -0.2) is 14.8 Å². The monoisotopic (exact) mass is 293 g/mol. The van der Waals surface area contributed by atoms with E-state index in [0.717, 1.165) is 16.7 Å². The Balaban J connectivity index is 2.28. The van der Waals surface area contributed by atoms with Crippen LogP contribution >= 0.6 is 15.9 Å². The average molecular weight is 294 g/mol. The predicted molar refractivity (Wildman–Crippen MR) is 72.0 cm³/mol. The van der Waals surface area contributed by atoms with Crippen molar-refractivity contribution in [2.75, 3.05) is 0 Å². The Kier molecular flexibility index (Phi) is 3.33. The van der Waals surface area contributed by atoms with Crippen LogP contribution in [0, 0.1) is 0 Å². The zero-order valence-corrected chi connectivity index (χ0v) is 11.9. The Morgan fingerprint density at radius 3 is 2.71 bits per heavy atom. The third-order valence-electron chi connectivity index (χ3n) is 2.59. The van der Waals surface area contributed by atoms with E-state index in [1.807, 2.05) is 12.1 Å². The highest BCUT2D eigenvalue weighted by Gasteiger charge is 2.17. The lowest BCUT2D eigenvalue weighted by atomic mass is 10.1. The fraction of sp³-hybridized carbons (Fsp3) is 0.385. The van der Waals surface area contributed by atoms with Crippen molar-refractivity contribution >= 4 is 15.9 Å². The highest BCUT2D eigenvalue weighted by Crippen LogP contribution is 2.19. The second kappa shape index (κ2) is 4.61. The first-order chi connectivity index (χ1) is 7.97. The molecule has 17 heavy (non-hydrogen) atoms.